The van der Waals surface area contributed by atoms with Crippen molar-refractivity contribution in [1.82, 2.24) is 9.97 Å². The van der Waals surface area contributed by atoms with E-state index in [-0.39, 0.29) is 0 Å². The summed E-state index contributed by atoms with van der Waals surface area (Å²) in [5.41, 5.74) is 7.16. The van der Waals surface area contributed by atoms with Gasteiger partial charge in [0.25, 0.3) is 0 Å². The number of rotatable bonds is 3. The average Bonchev–Trinajstić information content (AvgIpc) is 2.60. The second-order valence-electron chi connectivity index (χ2n) is 7.61. The largest absolute Gasteiger partial charge is 0.236 e. The predicted molar refractivity (Wildman–Crippen MR) is 110 cm³/mol. The highest BCUT2D eigenvalue weighted by Crippen LogP contribution is 2.33. The van der Waals surface area contributed by atoms with Crippen molar-refractivity contribution in [3.8, 4) is 11.3 Å². The van der Waals surface area contributed by atoms with Crippen molar-refractivity contribution in [2.24, 2.45) is 5.92 Å². The third kappa shape index (κ3) is 2.86. The Bertz CT molecular complexity index is 1110. The fourth-order valence-corrected chi connectivity index (χ4v) is 3.91. The van der Waals surface area contributed by atoms with Crippen molar-refractivity contribution in [2.45, 2.75) is 34.1 Å². The smallest absolute Gasteiger partial charge is 0.116 e. The second-order valence-corrected chi connectivity index (χ2v) is 7.61. The van der Waals surface area contributed by atoms with Gasteiger partial charge in [0.05, 0.1) is 11.2 Å². The highest BCUT2D eigenvalue weighted by atomic mass is 14.8. The minimum atomic E-state index is 0.655. The molecule has 0 radical (unpaired) electrons. The zero-order valence-corrected chi connectivity index (χ0v) is 15.9. The van der Waals surface area contributed by atoms with Crippen molar-refractivity contribution in [1.29, 1.82) is 0 Å². The number of hydrogen-bond acceptors (Lipinski definition) is 2. The maximum atomic E-state index is 4.67. The van der Waals surface area contributed by atoms with Crippen LogP contribution in [0.15, 0.2) is 54.9 Å². The van der Waals surface area contributed by atoms with Gasteiger partial charge in [-0.15, -0.1) is 0 Å². The summed E-state index contributed by atoms with van der Waals surface area (Å²) in [5.74, 6) is 0.655. The molecular formula is C24H24N2. The van der Waals surface area contributed by atoms with E-state index in [2.05, 4.69) is 86.2 Å². The summed E-state index contributed by atoms with van der Waals surface area (Å²) >= 11 is 0. The quantitative estimate of drug-likeness (QED) is 0.411. The lowest BCUT2D eigenvalue weighted by Crippen LogP contribution is -1.97. The molecule has 2 nitrogen and oxygen atoms in total. The third-order valence-electron chi connectivity index (χ3n) is 5.02. The van der Waals surface area contributed by atoms with Gasteiger partial charge in [0.15, 0.2) is 0 Å². The molecule has 0 saturated carbocycles. The van der Waals surface area contributed by atoms with Gasteiger partial charge in [-0.05, 0) is 54.3 Å². The monoisotopic (exact) mass is 340 g/mol. The first-order chi connectivity index (χ1) is 12.5. The van der Waals surface area contributed by atoms with Crippen LogP contribution in [0.3, 0.4) is 0 Å². The number of benzene rings is 3. The Balaban J connectivity index is 2.00. The topological polar surface area (TPSA) is 25.8 Å². The molecule has 26 heavy (non-hydrogen) atoms. The Morgan fingerprint density at radius 3 is 2.46 bits per heavy atom. The Kier molecular flexibility index (Phi) is 4.20. The van der Waals surface area contributed by atoms with Crippen LogP contribution in [0.25, 0.3) is 32.9 Å². The van der Waals surface area contributed by atoms with Crippen LogP contribution in [0.4, 0.5) is 0 Å². The number of aryl methyl sites for hydroxylation is 2. The minimum Gasteiger partial charge on any atom is -0.236 e. The van der Waals surface area contributed by atoms with Gasteiger partial charge >= 0.3 is 0 Å². The van der Waals surface area contributed by atoms with E-state index >= 15 is 0 Å². The third-order valence-corrected chi connectivity index (χ3v) is 5.02. The number of aromatic nitrogens is 2. The molecule has 4 rings (SSSR count). The van der Waals surface area contributed by atoms with Crippen molar-refractivity contribution in [3.63, 3.8) is 0 Å². The number of hydrogen-bond donors (Lipinski definition) is 0. The van der Waals surface area contributed by atoms with Crippen LogP contribution >= 0.6 is 0 Å². The molecule has 0 aliphatic carbocycles. The fraction of sp³-hybridized carbons (Fsp3) is 0.250. The van der Waals surface area contributed by atoms with Gasteiger partial charge in [0, 0.05) is 16.3 Å². The molecule has 0 fully saturated rings. The lowest BCUT2D eigenvalue weighted by molar-refractivity contribution is 0.647. The molecule has 0 spiro atoms. The maximum Gasteiger partial charge on any atom is 0.116 e. The molecule has 0 aliphatic rings. The zero-order valence-electron chi connectivity index (χ0n) is 15.9. The van der Waals surface area contributed by atoms with Crippen molar-refractivity contribution in [3.05, 3.63) is 71.5 Å². The molecule has 0 bridgehead atoms. The molecule has 2 heteroatoms. The van der Waals surface area contributed by atoms with Crippen LogP contribution in [-0.4, -0.2) is 9.97 Å². The van der Waals surface area contributed by atoms with E-state index in [1.54, 1.807) is 6.33 Å². The minimum absolute atomic E-state index is 0.655. The first-order valence-corrected chi connectivity index (χ1v) is 9.27. The lowest BCUT2D eigenvalue weighted by atomic mass is 9.93. The van der Waals surface area contributed by atoms with Crippen LogP contribution in [0.1, 0.15) is 30.5 Å². The van der Waals surface area contributed by atoms with E-state index in [4.69, 9.17) is 0 Å². The van der Waals surface area contributed by atoms with Crippen molar-refractivity contribution < 1.29 is 0 Å². The molecule has 0 N–H and O–H groups in total. The lowest BCUT2D eigenvalue weighted by Gasteiger charge is -2.13. The summed E-state index contributed by atoms with van der Waals surface area (Å²) in [6, 6.07) is 17.4. The molecule has 0 aliphatic heterocycles. The van der Waals surface area contributed by atoms with Gasteiger partial charge < -0.3 is 0 Å². The normalized spacial score (nSPS) is 11.6. The highest BCUT2D eigenvalue weighted by Gasteiger charge is 2.13. The molecule has 0 unspecified atom stereocenters. The Morgan fingerprint density at radius 1 is 0.885 bits per heavy atom. The summed E-state index contributed by atoms with van der Waals surface area (Å²) in [6.07, 6.45) is 2.80. The SMILES string of the molecule is Cc1ccccc1-c1ncnc2c1ccc1cc(CC(C)C)cc(C)c12. The Labute approximate surface area is 154 Å². The number of nitrogens with zero attached hydrogens (tertiary/aromatic N) is 2. The summed E-state index contributed by atoms with van der Waals surface area (Å²) in [4.78, 5) is 9.29. The van der Waals surface area contributed by atoms with Gasteiger partial charge in [-0.2, -0.15) is 0 Å². The van der Waals surface area contributed by atoms with E-state index < -0.39 is 0 Å². The van der Waals surface area contributed by atoms with Gasteiger partial charge in [-0.1, -0.05) is 56.3 Å². The van der Waals surface area contributed by atoms with Gasteiger partial charge in [0.1, 0.15) is 6.33 Å². The first kappa shape index (κ1) is 16.7. The van der Waals surface area contributed by atoms with E-state index in [0.29, 0.717) is 5.92 Å². The number of fused-ring (bicyclic) bond motifs is 3. The zero-order chi connectivity index (χ0) is 18.3. The molecular weight excluding hydrogens is 316 g/mol. The molecule has 0 atom stereocenters. The molecule has 130 valence electrons. The van der Waals surface area contributed by atoms with E-state index in [1.807, 2.05) is 0 Å². The first-order valence-electron chi connectivity index (χ1n) is 9.27. The maximum absolute atomic E-state index is 4.67. The van der Waals surface area contributed by atoms with Crippen LogP contribution < -0.4 is 0 Å². The fourth-order valence-electron chi connectivity index (χ4n) is 3.91. The summed E-state index contributed by atoms with van der Waals surface area (Å²) in [5, 5.41) is 3.63. The molecule has 1 aromatic heterocycles. The van der Waals surface area contributed by atoms with Crippen LogP contribution in [-0.2, 0) is 6.42 Å². The predicted octanol–water partition coefficient (Wildman–Crippen LogP) is 6.27. The molecule has 3 aromatic carbocycles. The van der Waals surface area contributed by atoms with Crippen molar-refractivity contribution >= 4 is 21.7 Å². The molecule has 4 aromatic rings. The molecule has 1 heterocycles. The van der Waals surface area contributed by atoms with E-state index in [1.165, 1.54) is 33.0 Å². The molecule has 0 amide bonds. The van der Waals surface area contributed by atoms with Gasteiger partial charge in [0.2, 0.25) is 0 Å². The Morgan fingerprint density at radius 2 is 1.69 bits per heavy atom. The van der Waals surface area contributed by atoms with Gasteiger partial charge in [-0.3, -0.25) is 0 Å². The summed E-state index contributed by atoms with van der Waals surface area (Å²) < 4.78 is 0. The van der Waals surface area contributed by atoms with Crippen LogP contribution in [0.2, 0.25) is 0 Å². The van der Waals surface area contributed by atoms with Crippen LogP contribution in [0, 0.1) is 19.8 Å². The summed E-state index contributed by atoms with van der Waals surface area (Å²) in [6.45, 7) is 8.86. The average molecular weight is 340 g/mol. The van der Waals surface area contributed by atoms with E-state index in [9.17, 15) is 0 Å². The van der Waals surface area contributed by atoms with Crippen LogP contribution in [0.5, 0.6) is 0 Å². The van der Waals surface area contributed by atoms with E-state index in [0.717, 1.165) is 23.0 Å². The Hall–Kier alpha value is -2.74. The highest BCUT2D eigenvalue weighted by molar-refractivity contribution is 6.10. The molecule has 0 saturated heterocycles. The second kappa shape index (κ2) is 6.53. The standard InChI is InChI=1S/C24H24N2/c1-15(2)11-18-12-17(4)22-19(13-18)9-10-21-23(25-14-26-24(21)22)20-8-6-5-7-16(20)3/h5-10,12-15H,11H2,1-4H3. The van der Waals surface area contributed by atoms with Gasteiger partial charge in [-0.25, -0.2) is 9.97 Å². The summed E-state index contributed by atoms with van der Waals surface area (Å²) in [7, 11) is 0. The van der Waals surface area contributed by atoms with Crippen molar-refractivity contribution in [2.75, 3.05) is 0 Å².